The van der Waals surface area contributed by atoms with E-state index < -0.39 is 0 Å². The highest BCUT2D eigenvalue weighted by atomic mass is 79.9. The van der Waals surface area contributed by atoms with Gasteiger partial charge in [0.2, 0.25) is 5.13 Å². The third-order valence-corrected chi connectivity index (χ3v) is 3.10. The van der Waals surface area contributed by atoms with Gasteiger partial charge in [-0.1, -0.05) is 17.4 Å². The Kier molecular flexibility index (Phi) is 3.17. The normalized spacial score (nSPS) is 10.2. The molecule has 6 heteroatoms. The summed E-state index contributed by atoms with van der Waals surface area (Å²) in [6.45, 7) is 0.661. The topological polar surface area (TPSA) is 58.0 Å². The molecule has 0 aliphatic heterocycles. The molecule has 0 radical (unpaired) electrons. The van der Waals surface area contributed by atoms with Gasteiger partial charge in [0.15, 0.2) is 0 Å². The van der Waals surface area contributed by atoms with E-state index in [1.165, 1.54) is 11.3 Å². The van der Waals surface area contributed by atoms with Crippen molar-refractivity contribution in [3.63, 3.8) is 0 Å². The number of benzene rings is 1. The molecule has 0 spiro atoms. The molecule has 2 rings (SSSR count). The van der Waals surface area contributed by atoms with Crippen LogP contribution in [0.2, 0.25) is 0 Å². The Morgan fingerprint density at radius 3 is 3.00 bits per heavy atom. The van der Waals surface area contributed by atoms with Crippen molar-refractivity contribution in [3.8, 4) is 5.75 Å². The number of nitrogens with one attached hydrogen (secondary N) is 1. The molecule has 0 saturated heterocycles. The van der Waals surface area contributed by atoms with Crippen LogP contribution in [0.1, 0.15) is 5.56 Å². The van der Waals surface area contributed by atoms with Crippen molar-refractivity contribution in [1.82, 2.24) is 10.2 Å². The fraction of sp³-hybridized carbons (Fsp3) is 0.111. The van der Waals surface area contributed by atoms with Gasteiger partial charge in [-0.05, 0) is 33.6 Å². The molecule has 1 heterocycles. The Morgan fingerprint density at radius 2 is 2.33 bits per heavy atom. The van der Waals surface area contributed by atoms with Crippen molar-refractivity contribution in [2.45, 2.75) is 6.54 Å². The number of hydrogen-bond acceptors (Lipinski definition) is 5. The highest BCUT2D eigenvalue weighted by molar-refractivity contribution is 9.10. The zero-order valence-electron chi connectivity index (χ0n) is 7.64. The molecular weight excluding hydrogens is 278 g/mol. The van der Waals surface area contributed by atoms with Gasteiger partial charge in [0.25, 0.3) is 0 Å². The molecule has 2 aromatic rings. The molecular formula is C9H8BrN3OS. The Hall–Kier alpha value is -1.14. The highest BCUT2D eigenvalue weighted by Gasteiger charge is 2.00. The summed E-state index contributed by atoms with van der Waals surface area (Å²) < 4.78 is 0.694. The van der Waals surface area contributed by atoms with Gasteiger partial charge in [0.1, 0.15) is 11.3 Å². The van der Waals surface area contributed by atoms with Crippen LogP contribution >= 0.6 is 27.3 Å². The van der Waals surface area contributed by atoms with Crippen molar-refractivity contribution in [2.75, 3.05) is 5.32 Å². The average molecular weight is 286 g/mol. The second-order valence-electron chi connectivity index (χ2n) is 2.88. The molecule has 0 unspecified atom stereocenters. The fourth-order valence-corrected chi connectivity index (χ4v) is 1.96. The predicted octanol–water partition coefficient (Wildman–Crippen LogP) is 2.62. The molecule has 0 bridgehead atoms. The smallest absolute Gasteiger partial charge is 0.205 e. The summed E-state index contributed by atoms with van der Waals surface area (Å²) in [6.07, 6.45) is 0. The number of nitrogens with zero attached hydrogens (tertiary/aromatic N) is 2. The van der Waals surface area contributed by atoms with Gasteiger partial charge in [-0.2, -0.15) is 0 Å². The highest BCUT2D eigenvalue weighted by Crippen LogP contribution is 2.24. The van der Waals surface area contributed by atoms with Crippen LogP contribution in [0, 0.1) is 0 Å². The number of phenolic OH excluding ortho intramolecular Hbond substituents is 1. The third kappa shape index (κ3) is 2.66. The number of aromatic hydroxyl groups is 1. The number of rotatable bonds is 3. The number of anilines is 1. The molecule has 0 aliphatic carbocycles. The van der Waals surface area contributed by atoms with Crippen molar-refractivity contribution in [3.05, 3.63) is 33.7 Å². The number of hydrogen-bond donors (Lipinski definition) is 2. The first-order chi connectivity index (χ1) is 7.25. The van der Waals surface area contributed by atoms with E-state index in [2.05, 4.69) is 31.4 Å². The Bertz CT molecular complexity index is 447. The van der Waals surface area contributed by atoms with E-state index in [1.54, 1.807) is 11.6 Å². The minimum Gasteiger partial charge on any atom is -0.507 e. The molecule has 2 N–H and O–H groups in total. The Morgan fingerprint density at radius 1 is 1.47 bits per heavy atom. The van der Waals surface area contributed by atoms with Gasteiger partial charge in [0.05, 0.1) is 4.47 Å². The summed E-state index contributed by atoms with van der Waals surface area (Å²) in [7, 11) is 0. The summed E-state index contributed by atoms with van der Waals surface area (Å²) >= 11 is 4.72. The van der Waals surface area contributed by atoms with E-state index in [-0.39, 0.29) is 5.75 Å². The van der Waals surface area contributed by atoms with E-state index in [4.69, 9.17) is 0 Å². The van der Waals surface area contributed by atoms with Crippen LogP contribution in [0.15, 0.2) is 28.2 Å². The van der Waals surface area contributed by atoms with Crippen molar-refractivity contribution in [2.24, 2.45) is 0 Å². The number of halogens is 1. The average Bonchev–Trinajstić information content (AvgIpc) is 2.73. The molecule has 0 fully saturated rings. The second kappa shape index (κ2) is 4.59. The summed E-state index contributed by atoms with van der Waals surface area (Å²) in [5.74, 6) is 0.245. The summed E-state index contributed by atoms with van der Waals surface area (Å²) in [6, 6.07) is 5.37. The summed E-state index contributed by atoms with van der Waals surface area (Å²) in [4.78, 5) is 0. The van der Waals surface area contributed by atoms with Crippen LogP contribution in [-0.4, -0.2) is 15.3 Å². The fourth-order valence-electron chi connectivity index (χ4n) is 1.09. The molecule has 0 aliphatic rings. The van der Waals surface area contributed by atoms with Crippen LogP contribution in [-0.2, 0) is 6.54 Å². The standard InChI is InChI=1S/C9H8BrN3OS/c10-7-3-6(1-2-8(7)14)4-11-9-13-12-5-15-9/h1-3,5,14H,4H2,(H,11,13). The molecule has 78 valence electrons. The van der Waals surface area contributed by atoms with Crippen LogP contribution in [0.5, 0.6) is 5.75 Å². The first-order valence-corrected chi connectivity index (χ1v) is 5.90. The maximum atomic E-state index is 9.31. The van der Waals surface area contributed by atoms with E-state index >= 15 is 0 Å². The zero-order valence-corrected chi connectivity index (χ0v) is 10.0. The molecule has 1 aromatic carbocycles. The summed E-state index contributed by atoms with van der Waals surface area (Å²) in [5.41, 5.74) is 2.74. The Balaban J connectivity index is 2.02. The molecule has 1 aromatic heterocycles. The van der Waals surface area contributed by atoms with Crippen molar-refractivity contribution < 1.29 is 5.11 Å². The summed E-state index contributed by atoms with van der Waals surface area (Å²) in [5, 5.41) is 20.8. The number of phenols is 1. The van der Waals surface area contributed by atoms with Crippen LogP contribution < -0.4 is 5.32 Å². The van der Waals surface area contributed by atoms with E-state index in [0.717, 1.165) is 10.7 Å². The largest absolute Gasteiger partial charge is 0.507 e. The minimum absolute atomic E-state index is 0.245. The number of aromatic nitrogens is 2. The lowest BCUT2D eigenvalue weighted by atomic mass is 10.2. The van der Waals surface area contributed by atoms with Crippen molar-refractivity contribution in [1.29, 1.82) is 0 Å². The molecule has 0 saturated carbocycles. The van der Waals surface area contributed by atoms with Gasteiger partial charge < -0.3 is 10.4 Å². The lowest BCUT2D eigenvalue weighted by molar-refractivity contribution is 0.471. The SMILES string of the molecule is Oc1ccc(CNc2nncs2)cc1Br. The van der Waals surface area contributed by atoms with Crippen LogP contribution in [0.4, 0.5) is 5.13 Å². The van der Waals surface area contributed by atoms with E-state index in [0.29, 0.717) is 11.0 Å². The lowest BCUT2D eigenvalue weighted by Crippen LogP contribution is -1.98. The van der Waals surface area contributed by atoms with Crippen molar-refractivity contribution >= 4 is 32.4 Å². The van der Waals surface area contributed by atoms with Gasteiger partial charge in [-0.15, -0.1) is 10.2 Å². The van der Waals surface area contributed by atoms with Gasteiger partial charge in [-0.25, -0.2) is 0 Å². The maximum absolute atomic E-state index is 9.31. The zero-order chi connectivity index (χ0) is 10.7. The minimum atomic E-state index is 0.245. The second-order valence-corrected chi connectivity index (χ2v) is 4.57. The Labute approximate surface area is 99.1 Å². The molecule has 0 amide bonds. The first-order valence-electron chi connectivity index (χ1n) is 4.23. The monoisotopic (exact) mass is 285 g/mol. The van der Waals surface area contributed by atoms with Gasteiger partial charge in [0, 0.05) is 6.54 Å². The van der Waals surface area contributed by atoms with Crippen LogP contribution in [0.3, 0.4) is 0 Å². The molecule has 4 nitrogen and oxygen atoms in total. The van der Waals surface area contributed by atoms with E-state index in [1.807, 2.05) is 12.1 Å². The van der Waals surface area contributed by atoms with E-state index in [9.17, 15) is 5.11 Å². The maximum Gasteiger partial charge on any atom is 0.205 e. The molecule has 15 heavy (non-hydrogen) atoms. The predicted molar refractivity (Wildman–Crippen MR) is 63.0 cm³/mol. The first kappa shape index (κ1) is 10.4. The van der Waals surface area contributed by atoms with Gasteiger partial charge >= 0.3 is 0 Å². The molecule has 0 atom stereocenters. The quantitative estimate of drug-likeness (QED) is 0.910. The van der Waals surface area contributed by atoms with Gasteiger partial charge in [-0.3, -0.25) is 0 Å². The van der Waals surface area contributed by atoms with Crippen LogP contribution in [0.25, 0.3) is 0 Å². The third-order valence-electron chi connectivity index (χ3n) is 1.82. The lowest BCUT2D eigenvalue weighted by Gasteiger charge is -2.03.